The van der Waals surface area contributed by atoms with Crippen LogP contribution in [0.1, 0.15) is 44.1 Å². The van der Waals surface area contributed by atoms with E-state index < -0.39 is 16.1 Å². The minimum atomic E-state index is -3.54. The topological polar surface area (TPSA) is 80.8 Å². The zero-order valence-corrected chi connectivity index (χ0v) is 15.8. The Hall–Kier alpha value is -1.73. The Balaban J connectivity index is 1.57. The average Bonchev–Trinajstić information content (AvgIpc) is 2.64. The zero-order valence-electron chi connectivity index (χ0n) is 15.0. The van der Waals surface area contributed by atoms with Crippen molar-refractivity contribution in [3.63, 3.8) is 0 Å². The molecule has 1 heterocycles. The van der Waals surface area contributed by atoms with E-state index in [4.69, 9.17) is 4.74 Å². The van der Waals surface area contributed by atoms with Gasteiger partial charge in [0.05, 0.1) is 10.8 Å². The van der Waals surface area contributed by atoms with Crippen molar-refractivity contribution in [3.05, 3.63) is 29.8 Å². The van der Waals surface area contributed by atoms with Crippen molar-refractivity contribution in [1.29, 1.82) is 0 Å². The molecule has 0 bridgehead atoms. The van der Waals surface area contributed by atoms with E-state index in [0.29, 0.717) is 25.7 Å². The predicted octanol–water partition coefficient (Wildman–Crippen LogP) is 2.45. The Labute approximate surface area is 154 Å². The number of nitrogens with zero attached hydrogens (tertiary/aromatic N) is 1. The third kappa shape index (κ3) is 4.15. The van der Waals surface area contributed by atoms with Gasteiger partial charge in [-0.05, 0) is 51.2 Å². The molecule has 1 aromatic carbocycles. The van der Waals surface area contributed by atoms with Crippen molar-refractivity contribution >= 4 is 21.8 Å². The van der Waals surface area contributed by atoms with Crippen molar-refractivity contribution in [3.8, 4) is 0 Å². The fourth-order valence-electron chi connectivity index (χ4n) is 3.50. The largest absolute Gasteiger partial charge is 0.454 e. The summed E-state index contributed by atoms with van der Waals surface area (Å²) in [6, 6.07) is 6.77. The Morgan fingerprint density at radius 3 is 2.35 bits per heavy atom. The van der Waals surface area contributed by atoms with E-state index in [1.54, 1.807) is 24.3 Å². The van der Waals surface area contributed by atoms with E-state index >= 15 is 0 Å². The normalized spacial score (nSPS) is 23.0. The van der Waals surface area contributed by atoms with Gasteiger partial charge in [0, 0.05) is 19.5 Å². The molecule has 3 rings (SSSR count). The summed E-state index contributed by atoms with van der Waals surface area (Å²) in [6.07, 6.45) is 3.08. The molecule has 26 heavy (non-hydrogen) atoms. The van der Waals surface area contributed by atoms with Crippen LogP contribution in [0, 0.1) is 12.8 Å². The van der Waals surface area contributed by atoms with E-state index in [0.717, 1.165) is 18.4 Å². The maximum atomic E-state index is 12.7. The van der Waals surface area contributed by atoms with Crippen LogP contribution < -0.4 is 0 Å². The summed E-state index contributed by atoms with van der Waals surface area (Å²) >= 11 is 0. The van der Waals surface area contributed by atoms with Gasteiger partial charge >= 0.3 is 5.97 Å². The summed E-state index contributed by atoms with van der Waals surface area (Å²) < 4.78 is 32.2. The Morgan fingerprint density at radius 1 is 1.08 bits per heavy atom. The minimum absolute atomic E-state index is 0.00369. The molecule has 2 aliphatic rings. The number of carbonyl (C=O) groups excluding carboxylic acids is 2. The van der Waals surface area contributed by atoms with E-state index in [9.17, 15) is 18.0 Å². The van der Waals surface area contributed by atoms with Gasteiger partial charge in [-0.1, -0.05) is 17.7 Å². The van der Waals surface area contributed by atoms with Crippen molar-refractivity contribution in [2.45, 2.75) is 56.4 Å². The van der Waals surface area contributed by atoms with Crippen LogP contribution in [0.15, 0.2) is 29.2 Å². The van der Waals surface area contributed by atoms with Crippen LogP contribution in [-0.4, -0.2) is 43.7 Å². The number of ether oxygens (including phenoxy) is 1. The first-order valence-electron chi connectivity index (χ1n) is 9.18. The first-order valence-corrected chi connectivity index (χ1v) is 10.6. The fraction of sp³-hybridized carbons (Fsp3) is 0.579. The predicted molar refractivity (Wildman–Crippen MR) is 96.0 cm³/mol. The monoisotopic (exact) mass is 379 g/mol. The van der Waals surface area contributed by atoms with Crippen LogP contribution in [0.2, 0.25) is 0 Å². The number of rotatable bonds is 4. The summed E-state index contributed by atoms with van der Waals surface area (Å²) in [7, 11) is -3.54. The van der Waals surface area contributed by atoms with Crippen molar-refractivity contribution in [2.24, 2.45) is 5.92 Å². The van der Waals surface area contributed by atoms with Crippen LogP contribution in [0.3, 0.4) is 0 Å². The Bertz CT molecular complexity index is 764. The molecule has 0 radical (unpaired) electrons. The zero-order chi connectivity index (χ0) is 18.7. The highest BCUT2D eigenvalue weighted by molar-refractivity contribution is 7.89. The van der Waals surface area contributed by atoms with Gasteiger partial charge in [0.2, 0.25) is 10.0 Å². The van der Waals surface area contributed by atoms with Crippen molar-refractivity contribution < 1.29 is 22.7 Å². The molecule has 1 aromatic rings. The lowest BCUT2D eigenvalue weighted by molar-refractivity contribution is -0.161. The summed E-state index contributed by atoms with van der Waals surface area (Å²) in [5.74, 6) is -0.698. The number of hydrogen-bond acceptors (Lipinski definition) is 5. The second-order valence-corrected chi connectivity index (χ2v) is 9.07. The number of esters is 1. The number of Topliss-reactive ketones (excluding diaryl/α,β-unsaturated/α-hetero) is 1. The molecule has 2 fully saturated rings. The second kappa shape index (κ2) is 7.88. The Morgan fingerprint density at radius 2 is 1.73 bits per heavy atom. The minimum Gasteiger partial charge on any atom is -0.454 e. The smallest absolute Gasteiger partial charge is 0.309 e. The quantitative estimate of drug-likeness (QED) is 0.751. The van der Waals surface area contributed by atoms with Gasteiger partial charge in [0.1, 0.15) is 0 Å². The molecule has 0 aromatic heterocycles. The third-order valence-corrected chi connectivity index (χ3v) is 7.12. The molecular weight excluding hydrogens is 354 g/mol. The lowest BCUT2D eigenvalue weighted by Gasteiger charge is -2.31. The molecule has 0 N–H and O–H groups in total. The van der Waals surface area contributed by atoms with E-state index in [2.05, 4.69) is 0 Å². The molecule has 1 aliphatic carbocycles. The molecule has 0 spiro atoms. The highest BCUT2D eigenvalue weighted by Crippen LogP contribution is 2.26. The van der Waals surface area contributed by atoms with Crippen LogP contribution in [-0.2, 0) is 24.3 Å². The van der Waals surface area contributed by atoms with Crippen molar-refractivity contribution in [2.75, 3.05) is 13.1 Å². The van der Waals surface area contributed by atoms with Gasteiger partial charge < -0.3 is 4.74 Å². The molecule has 142 valence electrons. The van der Waals surface area contributed by atoms with Gasteiger partial charge in [-0.25, -0.2) is 8.42 Å². The number of sulfonamides is 1. The van der Waals surface area contributed by atoms with Gasteiger partial charge in [-0.3, -0.25) is 9.59 Å². The van der Waals surface area contributed by atoms with Gasteiger partial charge in [-0.15, -0.1) is 0 Å². The molecule has 6 nitrogen and oxygen atoms in total. The van der Waals surface area contributed by atoms with E-state index in [-0.39, 0.29) is 35.7 Å². The second-order valence-electron chi connectivity index (χ2n) is 7.13. The van der Waals surface area contributed by atoms with E-state index in [1.807, 2.05) is 6.92 Å². The van der Waals surface area contributed by atoms with E-state index in [1.165, 1.54) is 4.31 Å². The van der Waals surface area contributed by atoms with Crippen LogP contribution >= 0.6 is 0 Å². The first-order chi connectivity index (χ1) is 12.4. The Kier molecular flexibility index (Phi) is 5.77. The summed E-state index contributed by atoms with van der Waals surface area (Å²) in [5, 5.41) is 0. The number of ketones is 1. The average molecular weight is 379 g/mol. The molecule has 1 aliphatic heterocycles. The van der Waals surface area contributed by atoms with Gasteiger partial charge in [-0.2, -0.15) is 4.31 Å². The highest BCUT2D eigenvalue weighted by Gasteiger charge is 2.35. The first kappa shape index (κ1) is 19.0. The van der Waals surface area contributed by atoms with Gasteiger partial charge in [0.15, 0.2) is 11.9 Å². The number of benzene rings is 1. The maximum Gasteiger partial charge on any atom is 0.309 e. The molecule has 0 amide bonds. The third-order valence-electron chi connectivity index (χ3n) is 5.20. The fourth-order valence-corrected chi connectivity index (χ4v) is 4.97. The molecule has 1 unspecified atom stereocenters. The molecule has 1 atom stereocenters. The molecule has 1 saturated carbocycles. The van der Waals surface area contributed by atoms with Crippen LogP contribution in [0.4, 0.5) is 0 Å². The van der Waals surface area contributed by atoms with Crippen molar-refractivity contribution in [1.82, 2.24) is 4.31 Å². The lowest BCUT2D eigenvalue weighted by Crippen LogP contribution is -2.41. The van der Waals surface area contributed by atoms with Gasteiger partial charge in [0.25, 0.3) is 0 Å². The summed E-state index contributed by atoms with van der Waals surface area (Å²) in [4.78, 5) is 24.4. The summed E-state index contributed by atoms with van der Waals surface area (Å²) in [6.45, 7) is 2.48. The van der Waals surface area contributed by atoms with Crippen LogP contribution in [0.5, 0.6) is 0 Å². The van der Waals surface area contributed by atoms with Crippen LogP contribution in [0.25, 0.3) is 0 Å². The highest BCUT2D eigenvalue weighted by atomic mass is 32.2. The molecular formula is C19H25NO5S. The molecule has 7 heteroatoms. The number of aryl methyl sites for hydroxylation is 1. The number of piperidine rings is 1. The SMILES string of the molecule is Cc1ccc(S(=O)(=O)N2CCC(C(=O)OC3CCCCC3=O)CC2)cc1. The number of hydrogen-bond donors (Lipinski definition) is 0. The number of carbonyl (C=O) groups is 2. The molecule has 1 saturated heterocycles. The lowest BCUT2D eigenvalue weighted by atomic mass is 9.95. The summed E-state index contributed by atoms with van der Waals surface area (Å²) in [5.41, 5.74) is 1.00. The maximum absolute atomic E-state index is 12.7. The standard InChI is InChI=1S/C19H25NO5S/c1-14-6-8-16(9-7-14)26(23,24)20-12-10-15(11-13-20)19(22)25-18-5-3-2-4-17(18)21/h6-9,15,18H,2-5,10-13H2,1H3.